The first-order valence-corrected chi connectivity index (χ1v) is 9.14. The SMILES string of the molecule is Cn1ccc(NC(=O)c2ccccc2CSc2nc3ccccc3[nH]2)n1. The van der Waals surface area contributed by atoms with E-state index in [9.17, 15) is 4.79 Å². The molecule has 2 N–H and O–H groups in total. The molecule has 4 aromatic rings. The van der Waals surface area contributed by atoms with Gasteiger partial charge in [-0.2, -0.15) is 5.10 Å². The maximum absolute atomic E-state index is 12.6. The summed E-state index contributed by atoms with van der Waals surface area (Å²) in [6, 6.07) is 17.3. The Morgan fingerprint density at radius 1 is 1.15 bits per heavy atom. The third-order valence-corrected chi connectivity index (χ3v) is 4.87. The van der Waals surface area contributed by atoms with Crippen molar-refractivity contribution in [2.24, 2.45) is 7.05 Å². The summed E-state index contributed by atoms with van der Waals surface area (Å²) in [4.78, 5) is 20.5. The van der Waals surface area contributed by atoms with E-state index in [1.807, 2.05) is 55.6 Å². The van der Waals surface area contributed by atoms with E-state index in [4.69, 9.17) is 0 Å². The number of hydrogen-bond acceptors (Lipinski definition) is 4. The number of imidazole rings is 1. The Bertz CT molecular complexity index is 1040. The van der Waals surface area contributed by atoms with Crippen molar-refractivity contribution in [3.63, 3.8) is 0 Å². The summed E-state index contributed by atoms with van der Waals surface area (Å²) in [5.74, 6) is 1.02. The number of H-pyrrole nitrogens is 1. The predicted octanol–water partition coefficient (Wildman–Crippen LogP) is 3.84. The van der Waals surface area contributed by atoms with E-state index in [2.05, 4.69) is 20.4 Å². The highest BCUT2D eigenvalue weighted by Crippen LogP contribution is 2.25. The number of nitrogens with one attached hydrogen (secondary N) is 2. The molecule has 7 heteroatoms. The van der Waals surface area contributed by atoms with Crippen LogP contribution in [-0.2, 0) is 12.8 Å². The molecule has 0 unspecified atom stereocenters. The fourth-order valence-electron chi connectivity index (χ4n) is 2.68. The van der Waals surface area contributed by atoms with Crippen LogP contribution in [-0.4, -0.2) is 25.7 Å². The van der Waals surface area contributed by atoms with Gasteiger partial charge < -0.3 is 10.3 Å². The fraction of sp³-hybridized carbons (Fsp3) is 0.105. The number of nitrogens with zero attached hydrogens (tertiary/aromatic N) is 3. The second-order valence-corrected chi connectivity index (χ2v) is 6.80. The summed E-state index contributed by atoms with van der Waals surface area (Å²) in [5.41, 5.74) is 3.54. The minimum atomic E-state index is -0.162. The third kappa shape index (κ3) is 3.48. The quantitative estimate of drug-likeness (QED) is 0.528. The molecule has 0 aliphatic carbocycles. The molecule has 0 saturated carbocycles. The first-order chi connectivity index (χ1) is 12.7. The Hall–Kier alpha value is -3.06. The third-order valence-electron chi connectivity index (χ3n) is 3.95. The molecule has 0 saturated heterocycles. The number of aromatic amines is 1. The Labute approximate surface area is 154 Å². The molecule has 2 aromatic heterocycles. The predicted molar refractivity (Wildman–Crippen MR) is 103 cm³/mol. The number of thioether (sulfide) groups is 1. The molecule has 0 aliphatic rings. The molecule has 0 aliphatic heterocycles. The van der Waals surface area contributed by atoms with Crippen molar-refractivity contribution in [1.29, 1.82) is 0 Å². The molecule has 6 nitrogen and oxygen atoms in total. The highest BCUT2D eigenvalue weighted by atomic mass is 32.2. The van der Waals surface area contributed by atoms with Gasteiger partial charge in [0.15, 0.2) is 11.0 Å². The lowest BCUT2D eigenvalue weighted by molar-refractivity contribution is 0.102. The van der Waals surface area contributed by atoms with E-state index in [0.29, 0.717) is 17.1 Å². The lowest BCUT2D eigenvalue weighted by Crippen LogP contribution is -2.14. The lowest BCUT2D eigenvalue weighted by Gasteiger charge is -2.08. The normalized spacial score (nSPS) is 11.0. The van der Waals surface area contributed by atoms with Crippen LogP contribution in [0.25, 0.3) is 11.0 Å². The summed E-state index contributed by atoms with van der Waals surface area (Å²) in [6.07, 6.45) is 1.79. The average Bonchev–Trinajstić information content (AvgIpc) is 3.25. The summed E-state index contributed by atoms with van der Waals surface area (Å²) < 4.78 is 1.65. The van der Waals surface area contributed by atoms with Gasteiger partial charge in [0.25, 0.3) is 5.91 Å². The molecule has 2 heterocycles. The number of carbonyl (C=O) groups is 1. The van der Waals surface area contributed by atoms with Gasteiger partial charge >= 0.3 is 0 Å². The number of aryl methyl sites for hydroxylation is 1. The molecule has 0 bridgehead atoms. The first kappa shape index (κ1) is 16.4. The van der Waals surface area contributed by atoms with Crippen LogP contribution in [0.4, 0.5) is 5.82 Å². The van der Waals surface area contributed by atoms with Crippen molar-refractivity contribution in [1.82, 2.24) is 19.7 Å². The topological polar surface area (TPSA) is 75.6 Å². The van der Waals surface area contributed by atoms with Gasteiger partial charge in [0.1, 0.15) is 0 Å². The van der Waals surface area contributed by atoms with E-state index in [-0.39, 0.29) is 5.91 Å². The van der Waals surface area contributed by atoms with Crippen LogP contribution < -0.4 is 5.32 Å². The van der Waals surface area contributed by atoms with E-state index in [0.717, 1.165) is 21.8 Å². The van der Waals surface area contributed by atoms with Crippen molar-refractivity contribution in [3.05, 3.63) is 71.9 Å². The van der Waals surface area contributed by atoms with Crippen molar-refractivity contribution in [2.75, 3.05) is 5.32 Å². The number of para-hydroxylation sites is 2. The number of carbonyl (C=O) groups excluding carboxylic acids is 1. The lowest BCUT2D eigenvalue weighted by atomic mass is 10.1. The van der Waals surface area contributed by atoms with Crippen molar-refractivity contribution >= 4 is 34.5 Å². The molecular formula is C19H17N5OS. The molecule has 0 fully saturated rings. The van der Waals surface area contributed by atoms with Gasteiger partial charge in [-0.15, -0.1) is 0 Å². The molecule has 4 rings (SSSR count). The Kier molecular flexibility index (Phi) is 4.45. The number of anilines is 1. The van der Waals surface area contributed by atoms with Gasteiger partial charge in [0.2, 0.25) is 0 Å². The van der Waals surface area contributed by atoms with Crippen LogP contribution in [0.15, 0.2) is 66.0 Å². The number of hydrogen-bond donors (Lipinski definition) is 2. The van der Waals surface area contributed by atoms with Crippen LogP contribution in [0.1, 0.15) is 15.9 Å². The summed E-state index contributed by atoms with van der Waals surface area (Å²) in [7, 11) is 1.81. The Morgan fingerprint density at radius 3 is 2.77 bits per heavy atom. The molecule has 0 spiro atoms. The number of aromatic nitrogens is 4. The van der Waals surface area contributed by atoms with Gasteiger partial charge in [-0.1, -0.05) is 42.1 Å². The van der Waals surface area contributed by atoms with E-state index in [1.54, 1.807) is 28.7 Å². The zero-order valence-corrected chi connectivity index (χ0v) is 15.0. The molecule has 26 heavy (non-hydrogen) atoms. The van der Waals surface area contributed by atoms with Crippen LogP contribution in [0.5, 0.6) is 0 Å². The second kappa shape index (κ2) is 7.05. The molecule has 1 amide bonds. The number of fused-ring (bicyclic) bond motifs is 1. The number of rotatable bonds is 5. The summed E-state index contributed by atoms with van der Waals surface area (Å²) in [6.45, 7) is 0. The van der Waals surface area contributed by atoms with Gasteiger partial charge in [-0.05, 0) is 23.8 Å². The molecule has 130 valence electrons. The highest BCUT2D eigenvalue weighted by molar-refractivity contribution is 7.98. The largest absolute Gasteiger partial charge is 0.333 e. The summed E-state index contributed by atoms with van der Waals surface area (Å²) in [5, 5.41) is 7.86. The zero-order chi connectivity index (χ0) is 17.9. The van der Waals surface area contributed by atoms with E-state index >= 15 is 0 Å². The summed E-state index contributed by atoms with van der Waals surface area (Å²) >= 11 is 1.57. The van der Waals surface area contributed by atoms with Crippen LogP contribution in [0, 0.1) is 0 Å². The van der Waals surface area contributed by atoms with E-state index < -0.39 is 0 Å². The van der Waals surface area contributed by atoms with Gasteiger partial charge in [-0.25, -0.2) is 4.98 Å². The maximum atomic E-state index is 12.6. The van der Waals surface area contributed by atoms with Gasteiger partial charge in [-0.3, -0.25) is 9.48 Å². The molecule has 2 aromatic carbocycles. The van der Waals surface area contributed by atoms with Crippen molar-refractivity contribution in [2.45, 2.75) is 10.9 Å². The van der Waals surface area contributed by atoms with Crippen molar-refractivity contribution < 1.29 is 4.79 Å². The molecule has 0 atom stereocenters. The van der Waals surface area contributed by atoms with Crippen LogP contribution >= 0.6 is 11.8 Å². The van der Waals surface area contributed by atoms with Crippen molar-refractivity contribution in [3.8, 4) is 0 Å². The highest BCUT2D eigenvalue weighted by Gasteiger charge is 2.13. The Balaban J connectivity index is 1.50. The Morgan fingerprint density at radius 2 is 1.96 bits per heavy atom. The minimum Gasteiger partial charge on any atom is -0.333 e. The van der Waals surface area contributed by atoms with Crippen LogP contribution in [0.3, 0.4) is 0 Å². The average molecular weight is 363 g/mol. The first-order valence-electron chi connectivity index (χ1n) is 8.15. The smallest absolute Gasteiger partial charge is 0.257 e. The molecule has 0 radical (unpaired) electrons. The fourth-order valence-corrected chi connectivity index (χ4v) is 3.57. The van der Waals surface area contributed by atoms with Gasteiger partial charge in [0, 0.05) is 30.6 Å². The maximum Gasteiger partial charge on any atom is 0.257 e. The van der Waals surface area contributed by atoms with Gasteiger partial charge in [0.05, 0.1) is 11.0 Å². The van der Waals surface area contributed by atoms with Crippen LogP contribution in [0.2, 0.25) is 0 Å². The monoisotopic (exact) mass is 363 g/mol. The number of benzene rings is 2. The molecular weight excluding hydrogens is 346 g/mol. The zero-order valence-electron chi connectivity index (χ0n) is 14.1. The number of amides is 1. The standard InChI is InChI=1S/C19H17N5OS/c1-24-11-10-17(23-24)22-18(25)14-7-3-2-6-13(14)12-26-19-20-15-8-4-5-9-16(15)21-19/h2-11H,12H2,1H3,(H,20,21)(H,22,23,25). The van der Waals surface area contributed by atoms with E-state index in [1.165, 1.54) is 0 Å². The minimum absolute atomic E-state index is 0.162. The second-order valence-electron chi connectivity index (χ2n) is 5.83.